The molecule has 0 aliphatic carbocycles. The van der Waals surface area contributed by atoms with E-state index in [9.17, 15) is 10.1 Å². The first-order valence-electron chi connectivity index (χ1n) is 14.8. The number of anilines is 2. The maximum Gasteiger partial charge on any atom is 0.292 e. The zero-order chi connectivity index (χ0) is 31.4. The van der Waals surface area contributed by atoms with E-state index < -0.39 is 70.8 Å². The monoisotopic (exact) mass is 432 g/mol. The fraction of sp³-hybridized carbons (Fsp3) is 0.143. The van der Waals surface area contributed by atoms with Crippen molar-refractivity contribution in [1.29, 1.82) is 0 Å². The molecule has 0 amide bonds. The van der Waals surface area contributed by atoms with Gasteiger partial charge in [0.25, 0.3) is 5.69 Å². The molecular weight excluding hydrogens is 396 g/mol. The summed E-state index contributed by atoms with van der Waals surface area (Å²) in [6, 6.07) is 3.04. The molecule has 0 saturated heterocycles. The zero-order valence-corrected chi connectivity index (χ0v) is 17.7. The minimum atomic E-state index is -0.625. The highest BCUT2D eigenvalue weighted by Gasteiger charge is 2.22. The topological polar surface area (TPSA) is 55.2 Å². The van der Waals surface area contributed by atoms with Crippen LogP contribution in [0.5, 0.6) is 0 Å². The minimum absolute atomic E-state index is 0.0201. The Balaban J connectivity index is 2.29. The van der Waals surface area contributed by atoms with E-state index in [-0.39, 0.29) is 39.3 Å². The van der Waals surface area contributed by atoms with Crippen LogP contribution in [0.15, 0.2) is 96.8 Å². The standard InChI is InChI=1S/C28H26N2O2/c1-28(2,3)22-18-23(20-12-6-4-7-13-20)27(24(19-22)21-14-8-5-9-15-21)29-25-16-10-11-17-26(25)30(31)32/h4-19,29H,1-3H3/i4D,5D,6D,7D,8D,9D,12D,13D,14D,15D. The molecule has 160 valence electrons. The van der Waals surface area contributed by atoms with E-state index >= 15 is 0 Å². The van der Waals surface area contributed by atoms with Crippen LogP contribution in [-0.2, 0) is 5.41 Å². The van der Waals surface area contributed by atoms with E-state index in [0.29, 0.717) is 5.56 Å². The van der Waals surface area contributed by atoms with Crippen molar-refractivity contribution >= 4 is 17.1 Å². The molecule has 4 nitrogen and oxygen atoms in total. The minimum Gasteiger partial charge on any atom is -0.349 e. The molecule has 4 aromatic rings. The Morgan fingerprint density at radius 3 is 1.81 bits per heavy atom. The Morgan fingerprint density at radius 2 is 1.34 bits per heavy atom. The molecule has 0 bridgehead atoms. The van der Waals surface area contributed by atoms with Crippen LogP contribution in [0.3, 0.4) is 0 Å². The number of hydrogen-bond acceptors (Lipinski definition) is 3. The highest BCUT2D eigenvalue weighted by Crippen LogP contribution is 2.43. The average molecular weight is 433 g/mol. The van der Waals surface area contributed by atoms with Crippen molar-refractivity contribution in [1.82, 2.24) is 0 Å². The number of rotatable bonds is 5. The molecule has 4 aromatic carbocycles. The van der Waals surface area contributed by atoms with Crippen molar-refractivity contribution in [3.63, 3.8) is 0 Å². The predicted octanol–water partition coefficient (Wildman–Crippen LogP) is 7.97. The maximum atomic E-state index is 11.9. The maximum absolute atomic E-state index is 11.9. The Morgan fingerprint density at radius 1 is 0.844 bits per heavy atom. The highest BCUT2D eigenvalue weighted by atomic mass is 16.6. The summed E-state index contributed by atoms with van der Waals surface area (Å²) in [7, 11) is 0. The van der Waals surface area contributed by atoms with Gasteiger partial charge >= 0.3 is 0 Å². The number of para-hydroxylation sites is 2. The summed E-state index contributed by atoms with van der Waals surface area (Å²) < 4.78 is 83.9. The number of benzene rings is 4. The normalized spacial score (nSPS) is 15.6. The third-order valence-corrected chi connectivity index (χ3v) is 4.90. The summed E-state index contributed by atoms with van der Waals surface area (Å²) in [4.78, 5) is 11.3. The van der Waals surface area contributed by atoms with Crippen LogP contribution in [0.2, 0.25) is 0 Å². The number of nitro benzene ring substituents is 1. The van der Waals surface area contributed by atoms with Crippen LogP contribution < -0.4 is 5.32 Å². The largest absolute Gasteiger partial charge is 0.349 e. The van der Waals surface area contributed by atoms with Crippen LogP contribution in [-0.4, -0.2) is 4.92 Å². The smallest absolute Gasteiger partial charge is 0.292 e. The molecule has 0 heterocycles. The van der Waals surface area contributed by atoms with Gasteiger partial charge < -0.3 is 5.32 Å². The van der Waals surface area contributed by atoms with Gasteiger partial charge in [-0.3, -0.25) is 10.1 Å². The lowest BCUT2D eigenvalue weighted by Crippen LogP contribution is -2.12. The summed E-state index contributed by atoms with van der Waals surface area (Å²) in [5.41, 5.74) is -0.817. The molecule has 1 N–H and O–H groups in total. The van der Waals surface area contributed by atoms with Crippen molar-refractivity contribution in [2.24, 2.45) is 0 Å². The van der Waals surface area contributed by atoms with Crippen LogP contribution in [0, 0.1) is 10.1 Å². The zero-order valence-electron chi connectivity index (χ0n) is 27.7. The van der Waals surface area contributed by atoms with Crippen LogP contribution >= 0.6 is 0 Å². The Kier molecular flexibility index (Phi) is 3.31. The SMILES string of the molecule is [2H]c1c([2H])c([2H])c(-c2cc(C(C)(C)C)cc(-c3c([2H])c([2H])c([2H])c([2H])c3[2H])c2Nc2ccccc2[N+](=O)[O-])c([2H])c1[2H]. The Hall–Kier alpha value is -3.92. The van der Waals surface area contributed by atoms with Gasteiger partial charge in [-0.25, -0.2) is 0 Å². The molecule has 0 atom stereocenters. The molecule has 0 saturated carbocycles. The first-order valence-corrected chi connectivity index (χ1v) is 9.82. The van der Waals surface area contributed by atoms with E-state index in [1.165, 1.54) is 24.3 Å². The quantitative estimate of drug-likeness (QED) is 0.257. The lowest BCUT2D eigenvalue weighted by atomic mass is 9.82. The molecule has 4 heteroatoms. The van der Waals surface area contributed by atoms with Crippen molar-refractivity contribution in [2.75, 3.05) is 5.32 Å². The van der Waals surface area contributed by atoms with Crippen LogP contribution in [0.25, 0.3) is 22.3 Å². The van der Waals surface area contributed by atoms with E-state index in [1.807, 2.05) is 20.8 Å². The van der Waals surface area contributed by atoms with Crippen molar-refractivity contribution in [3.8, 4) is 22.3 Å². The lowest BCUT2D eigenvalue weighted by molar-refractivity contribution is -0.383. The molecule has 0 spiro atoms. The molecule has 0 unspecified atom stereocenters. The second-order valence-corrected chi connectivity index (χ2v) is 8.10. The van der Waals surface area contributed by atoms with Gasteiger partial charge in [0, 0.05) is 17.2 Å². The van der Waals surface area contributed by atoms with Gasteiger partial charge in [0.1, 0.15) is 5.69 Å². The van der Waals surface area contributed by atoms with E-state index in [1.54, 1.807) is 12.1 Å². The predicted molar refractivity (Wildman–Crippen MR) is 132 cm³/mol. The molecule has 4 rings (SSSR count). The van der Waals surface area contributed by atoms with Crippen LogP contribution in [0.4, 0.5) is 17.1 Å². The van der Waals surface area contributed by atoms with Gasteiger partial charge in [-0.05, 0) is 40.3 Å². The number of nitro groups is 1. The number of hydrogen-bond donors (Lipinski definition) is 1. The van der Waals surface area contributed by atoms with Gasteiger partial charge in [0.05, 0.1) is 24.3 Å². The van der Waals surface area contributed by atoms with Crippen LogP contribution in [0.1, 0.15) is 40.0 Å². The summed E-state index contributed by atoms with van der Waals surface area (Å²) in [6.45, 7) is 5.57. The summed E-state index contributed by atoms with van der Waals surface area (Å²) >= 11 is 0. The lowest BCUT2D eigenvalue weighted by Gasteiger charge is -2.25. The molecule has 0 aliphatic heterocycles. The second kappa shape index (κ2) is 8.67. The Bertz CT molecular complexity index is 1640. The molecule has 0 radical (unpaired) electrons. The van der Waals surface area contributed by atoms with E-state index in [2.05, 4.69) is 5.32 Å². The Labute approximate surface area is 202 Å². The van der Waals surface area contributed by atoms with Crippen molar-refractivity contribution in [3.05, 3.63) is 113 Å². The van der Waals surface area contributed by atoms with Gasteiger partial charge in [-0.1, -0.05) is 93.3 Å². The summed E-state index contributed by atoms with van der Waals surface area (Å²) in [6.07, 6.45) is 0. The number of nitrogens with one attached hydrogen (secondary N) is 1. The fourth-order valence-corrected chi connectivity index (χ4v) is 3.25. The molecule has 0 aromatic heterocycles. The van der Waals surface area contributed by atoms with Gasteiger partial charge in [0.2, 0.25) is 0 Å². The third-order valence-electron chi connectivity index (χ3n) is 4.90. The van der Waals surface area contributed by atoms with Gasteiger partial charge in [-0.15, -0.1) is 0 Å². The highest BCUT2D eigenvalue weighted by molar-refractivity contribution is 5.94. The average Bonchev–Trinajstić information content (AvgIpc) is 2.93. The molecule has 32 heavy (non-hydrogen) atoms. The molecule has 0 aliphatic rings. The fourth-order valence-electron chi connectivity index (χ4n) is 3.25. The van der Waals surface area contributed by atoms with E-state index in [0.717, 1.165) is 0 Å². The summed E-state index contributed by atoms with van der Waals surface area (Å²) in [5, 5.41) is 14.9. The van der Waals surface area contributed by atoms with E-state index in [4.69, 9.17) is 13.7 Å². The first kappa shape index (κ1) is 12.2. The van der Waals surface area contributed by atoms with Crippen molar-refractivity contribution < 1.29 is 18.6 Å². The van der Waals surface area contributed by atoms with Gasteiger partial charge in [0.15, 0.2) is 0 Å². The van der Waals surface area contributed by atoms with Gasteiger partial charge in [-0.2, -0.15) is 0 Å². The first-order chi connectivity index (χ1) is 19.5. The molecule has 0 fully saturated rings. The third kappa shape index (κ3) is 4.40. The number of nitrogens with zero attached hydrogens (tertiary/aromatic N) is 1. The summed E-state index contributed by atoms with van der Waals surface area (Å²) in [5.74, 6) is 0. The second-order valence-electron chi connectivity index (χ2n) is 8.10. The molecular formula is C28H26N2O2. The van der Waals surface area contributed by atoms with Crippen molar-refractivity contribution in [2.45, 2.75) is 26.2 Å².